The van der Waals surface area contributed by atoms with Gasteiger partial charge in [-0.3, -0.25) is 9.59 Å². The maximum Gasteiger partial charge on any atom is 0.259 e. The number of nitrogens with zero attached hydrogens (tertiary/aromatic N) is 1. The van der Waals surface area contributed by atoms with E-state index in [2.05, 4.69) is 15.8 Å². The van der Waals surface area contributed by atoms with Gasteiger partial charge in [0.1, 0.15) is 5.75 Å². The summed E-state index contributed by atoms with van der Waals surface area (Å²) >= 11 is 0. The Hall–Kier alpha value is -2.37. The first-order valence-corrected chi connectivity index (χ1v) is 9.42. The van der Waals surface area contributed by atoms with E-state index in [1.807, 2.05) is 0 Å². The van der Waals surface area contributed by atoms with Crippen LogP contribution in [0.15, 0.2) is 29.4 Å². The molecule has 0 aliphatic heterocycles. The van der Waals surface area contributed by atoms with Gasteiger partial charge in [0.25, 0.3) is 5.91 Å². The van der Waals surface area contributed by atoms with Crippen molar-refractivity contribution < 1.29 is 14.7 Å². The first-order valence-electron chi connectivity index (χ1n) is 9.42. The number of nitrogens with one attached hydrogen (secondary N) is 2. The fourth-order valence-corrected chi connectivity index (χ4v) is 5.52. The van der Waals surface area contributed by atoms with Crippen LogP contribution in [0.5, 0.6) is 5.75 Å². The smallest absolute Gasteiger partial charge is 0.259 e. The normalized spacial score (nSPS) is 31.9. The molecule has 4 fully saturated rings. The highest BCUT2D eigenvalue weighted by atomic mass is 16.3. The molecular formula is C20H25N3O3. The predicted molar refractivity (Wildman–Crippen MR) is 97.5 cm³/mol. The van der Waals surface area contributed by atoms with Crippen LogP contribution in [0.1, 0.15) is 44.1 Å². The predicted octanol–water partition coefficient (Wildman–Crippen LogP) is 2.17. The third kappa shape index (κ3) is 3.45. The second-order valence-corrected chi connectivity index (χ2v) is 8.27. The molecule has 0 heterocycles. The van der Waals surface area contributed by atoms with Crippen LogP contribution in [0.3, 0.4) is 0 Å². The van der Waals surface area contributed by atoms with E-state index in [0.29, 0.717) is 17.8 Å². The molecule has 6 heteroatoms. The number of aromatic hydroxyl groups is 1. The third-order valence-corrected chi connectivity index (χ3v) is 6.23. The number of benzene rings is 1. The number of phenols is 1. The van der Waals surface area contributed by atoms with Gasteiger partial charge in [-0.25, -0.2) is 5.43 Å². The summed E-state index contributed by atoms with van der Waals surface area (Å²) in [6.45, 7) is -0.0481. The van der Waals surface area contributed by atoms with Gasteiger partial charge in [0.15, 0.2) is 0 Å². The Balaban J connectivity index is 1.26. The number of amides is 2. The summed E-state index contributed by atoms with van der Waals surface area (Å²) < 4.78 is 0. The topological polar surface area (TPSA) is 90.8 Å². The molecular weight excluding hydrogens is 330 g/mol. The maximum atomic E-state index is 12.8. The minimum atomic E-state index is -0.335. The summed E-state index contributed by atoms with van der Waals surface area (Å²) in [4.78, 5) is 24.7. The molecule has 4 aliphatic rings. The number of carbonyl (C=O) groups is 2. The fourth-order valence-electron chi connectivity index (χ4n) is 5.52. The molecule has 6 nitrogen and oxygen atoms in total. The highest BCUT2D eigenvalue weighted by Crippen LogP contribution is 2.60. The van der Waals surface area contributed by atoms with Crippen molar-refractivity contribution in [3.63, 3.8) is 0 Å². The Morgan fingerprint density at radius 2 is 1.65 bits per heavy atom. The molecule has 1 aromatic carbocycles. The lowest BCUT2D eigenvalue weighted by Crippen LogP contribution is -2.54. The quantitative estimate of drug-likeness (QED) is 0.558. The number of hydrogen-bond donors (Lipinski definition) is 3. The largest absolute Gasteiger partial charge is 0.508 e. The summed E-state index contributed by atoms with van der Waals surface area (Å²) in [5.41, 5.74) is 2.96. The Labute approximate surface area is 153 Å². The van der Waals surface area contributed by atoms with Crippen molar-refractivity contribution in [3.05, 3.63) is 29.8 Å². The molecule has 4 bridgehead atoms. The molecule has 4 saturated carbocycles. The summed E-state index contributed by atoms with van der Waals surface area (Å²) in [5.74, 6) is 2.01. The van der Waals surface area contributed by atoms with Crippen molar-refractivity contribution in [1.29, 1.82) is 0 Å². The van der Waals surface area contributed by atoms with Crippen molar-refractivity contribution in [3.8, 4) is 5.75 Å². The Morgan fingerprint density at radius 3 is 2.23 bits per heavy atom. The molecule has 0 spiro atoms. The van der Waals surface area contributed by atoms with Gasteiger partial charge in [-0.15, -0.1) is 0 Å². The minimum Gasteiger partial charge on any atom is -0.508 e. The van der Waals surface area contributed by atoms with Crippen LogP contribution in [0.25, 0.3) is 0 Å². The zero-order valence-electron chi connectivity index (χ0n) is 14.8. The highest BCUT2D eigenvalue weighted by molar-refractivity contribution is 5.89. The molecule has 0 atom stereocenters. The zero-order chi connectivity index (χ0) is 18.1. The summed E-state index contributed by atoms with van der Waals surface area (Å²) in [5, 5.41) is 15.9. The second-order valence-electron chi connectivity index (χ2n) is 8.27. The lowest BCUT2D eigenvalue weighted by Gasteiger charge is -2.55. The van der Waals surface area contributed by atoms with Crippen molar-refractivity contribution in [2.75, 3.05) is 6.54 Å². The average molecular weight is 355 g/mol. The summed E-state index contributed by atoms with van der Waals surface area (Å²) in [7, 11) is 0. The van der Waals surface area contributed by atoms with E-state index < -0.39 is 0 Å². The number of hydrazone groups is 1. The van der Waals surface area contributed by atoms with E-state index in [1.54, 1.807) is 24.3 Å². The first-order chi connectivity index (χ1) is 12.5. The third-order valence-electron chi connectivity index (χ3n) is 6.23. The van der Waals surface area contributed by atoms with Crippen LogP contribution in [-0.4, -0.2) is 29.7 Å². The lowest BCUT2D eigenvalue weighted by atomic mass is 9.49. The molecule has 0 radical (unpaired) electrons. The molecule has 0 aromatic heterocycles. The van der Waals surface area contributed by atoms with Crippen LogP contribution >= 0.6 is 0 Å². The van der Waals surface area contributed by atoms with Crippen LogP contribution in [-0.2, 0) is 9.59 Å². The van der Waals surface area contributed by atoms with E-state index in [0.717, 1.165) is 24.8 Å². The van der Waals surface area contributed by atoms with Gasteiger partial charge in [-0.05, 0) is 86.1 Å². The Kier molecular flexibility index (Phi) is 4.42. The molecule has 3 N–H and O–H groups in total. The van der Waals surface area contributed by atoms with Crippen LogP contribution < -0.4 is 10.7 Å². The van der Waals surface area contributed by atoms with Crippen molar-refractivity contribution in [2.45, 2.75) is 38.5 Å². The van der Waals surface area contributed by atoms with Crippen LogP contribution in [0, 0.1) is 23.2 Å². The van der Waals surface area contributed by atoms with Crippen molar-refractivity contribution >= 4 is 18.0 Å². The fraction of sp³-hybridized carbons (Fsp3) is 0.550. The van der Waals surface area contributed by atoms with Gasteiger partial charge >= 0.3 is 0 Å². The van der Waals surface area contributed by atoms with Gasteiger partial charge in [0, 0.05) is 5.41 Å². The van der Waals surface area contributed by atoms with E-state index in [1.165, 1.54) is 25.5 Å². The molecule has 138 valence electrons. The number of rotatable bonds is 5. The van der Waals surface area contributed by atoms with Gasteiger partial charge in [0.05, 0.1) is 12.8 Å². The number of hydrogen-bond acceptors (Lipinski definition) is 4. The number of carbonyl (C=O) groups excluding carboxylic acids is 2. The molecule has 1 aromatic rings. The monoisotopic (exact) mass is 355 g/mol. The van der Waals surface area contributed by atoms with Gasteiger partial charge < -0.3 is 10.4 Å². The van der Waals surface area contributed by atoms with E-state index in [-0.39, 0.29) is 29.5 Å². The summed E-state index contributed by atoms with van der Waals surface area (Å²) in [6.07, 6.45) is 8.34. The SMILES string of the molecule is O=C(CNC(=O)C12CC3CC(CC(C3)C1)C2)N/N=C/c1ccc(O)cc1. The minimum absolute atomic E-state index is 0.0481. The highest BCUT2D eigenvalue weighted by Gasteiger charge is 2.54. The van der Waals surface area contributed by atoms with E-state index in [9.17, 15) is 14.7 Å². The molecule has 0 saturated heterocycles. The Bertz CT molecular complexity index is 691. The van der Waals surface area contributed by atoms with Crippen LogP contribution in [0.4, 0.5) is 0 Å². The molecule has 2 amide bonds. The average Bonchev–Trinajstić information content (AvgIpc) is 2.60. The second kappa shape index (κ2) is 6.74. The van der Waals surface area contributed by atoms with Gasteiger partial charge in [0.2, 0.25) is 5.91 Å². The maximum absolute atomic E-state index is 12.8. The van der Waals surface area contributed by atoms with Crippen molar-refractivity contribution in [1.82, 2.24) is 10.7 Å². The molecule has 26 heavy (non-hydrogen) atoms. The first kappa shape index (κ1) is 17.1. The Morgan fingerprint density at radius 1 is 1.08 bits per heavy atom. The van der Waals surface area contributed by atoms with Crippen molar-refractivity contribution in [2.24, 2.45) is 28.3 Å². The molecule has 5 rings (SSSR count). The zero-order valence-corrected chi connectivity index (χ0v) is 14.8. The summed E-state index contributed by atoms with van der Waals surface area (Å²) in [6, 6.07) is 6.49. The van der Waals surface area contributed by atoms with Gasteiger partial charge in [-0.1, -0.05) is 0 Å². The van der Waals surface area contributed by atoms with E-state index in [4.69, 9.17) is 0 Å². The van der Waals surface area contributed by atoms with E-state index >= 15 is 0 Å². The molecule has 0 unspecified atom stereocenters. The number of phenolic OH excluding ortho intramolecular Hbond substituents is 1. The van der Waals surface area contributed by atoms with Crippen LogP contribution in [0.2, 0.25) is 0 Å². The van der Waals surface area contributed by atoms with Gasteiger partial charge in [-0.2, -0.15) is 5.10 Å². The lowest BCUT2D eigenvalue weighted by molar-refractivity contribution is -0.147. The molecule has 4 aliphatic carbocycles. The standard InChI is InChI=1S/C20H25N3O3/c24-17-3-1-13(2-4-17)11-22-23-18(25)12-21-19(26)20-8-14-5-15(9-20)7-16(6-14)10-20/h1-4,11,14-16,24H,5-10,12H2,(H,21,26)(H,23,25)/b22-11+.